The number of anilines is 1. The van der Waals surface area contributed by atoms with Gasteiger partial charge in [0, 0.05) is 12.6 Å². The van der Waals surface area contributed by atoms with Crippen LogP contribution < -0.4 is 10.6 Å². The molecule has 1 aromatic rings. The third kappa shape index (κ3) is 5.83. The van der Waals surface area contributed by atoms with Crippen molar-refractivity contribution in [1.29, 1.82) is 0 Å². The molecule has 0 radical (unpaired) electrons. The third-order valence-electron chi connectivity index (χ3n) is 5.22. The van der Waals surface area contributed by atoms with Crippen LogP contribution >= 0.6 is 0 Å². The molecule has 25 heavy (non-hydrogen) atoms. The molecule has 0 atom stereocenters. The molecule has 1 aromatic heterocycles. The monoisotopic (exact) mass is 342 g/mol. The van der Waals surface area contributed by atoms with Gasteiger partial charge < -0.3 is 10.6 Å². The van der Waals surface area contributed by atoms with Gasteiger partial charge in [-0.2, -0.15) is 0 Å². The van der Waals surface area contributed by atoms with E-state index in [-0.39, 0.29) is 5.91 Å². The molecule has 0 unspecified atom stereocenters. The van der Waals surface area contributed by atoms with Crippen molar-refractivity contribution >= 4 is 11.7 Å². The molecule has 3 rings (SSSR count). The Bertz CT molecular complexity index is 574. The van der Waals surface area contributed by atoms with E-state index in [0.29, 0.717) is 18.3 Å². The van der Waals surface area contributed by atoms with Crippen molar-refractivity contribution in [2.75, 3.05) is 11.9 Å². The fourth-order valence-electron chi connectivity index (χ4n) is 3.72. The summed E-state index contributed by atoms with van der Waals surface area (Å²) in [6.07, 6.45) is 15.8. The number of carbonyl (C=O) groups is 1. The maximum Gasteiger partial charge on any atom is 0.271 e. The molecule has 1 saturated carbocycles. The zero-order valence-electron chi connectivity index (χ0n) is 15.1. The summed E-state index contributed by atoms with van der Waals surface area (Å²) in [7, 11) is 0. The lowest BCUT2D eigenvalue weighted by Gasteiger charge is -2.16. The first-order valence-electron chi connectivity index (χ1n) is 9.87. The molecule has 0 aliphatic heterocycles. The first-order chi connectivity index (χ1) is 12.3. The van der Waals surface area contributed by atoms with Crippen LogP contribution in [-0.2, 0) is 0 Å². The normalized spacial score (nSPS) is 19.0. The highest BCUT2D eigenvalue weighted by Gasteiger charge is 2.13. The summed E-state index contributed by atoms with van der Waals surface area (Å²) >= 11 is 0. The summed E-state index contributed by atoms with van der Waals surface area (Å²) in [5.41, 5.74) is 1.87. The molecular formula is C20H30N4O. The number of carbonyl (C=O) groups excluding carboxylic acids is 1. The van der Waals surface area contributed by atoms with Crippen LogP contribution in [0.1, 0.15) is 81.1 Å². The second-order valence-corrected chi connectivity index (χ2v) is 7.25. The number of allylic oxidation sites excluding steroid dienone is 1. The molecule has 5 nitrogen and oxygen atoms in total. The van der Waals surface area contributed by atoms with Crippen molar-refractivity contribution < 1.29 is 4.79 Å². The minimum Gasteiger partial charge on any atom is -0.366 e. The molecule has 0 aromatic carbocycles. The lowest BCUT2D eigenvalue weighted by atomic mass is 9.97. The van der Waals surface area contributed by atoms with Crippen LogP contribution in [-0.4, -0.2) is 28.7 Å². The predicted molar refractivity (Wildman–Crippen MR) is 101 cm³/mol. The fourth-order valence-corrected chi connectivity index (χ4v) is 3.72. The number of nitrogens with one attached hydrogen (secondary N) is 2. The van der Waals surface area contributed by atoms with E-state index in [2.05, 4.69) is 26.9 Å². The van der Waals surface area contributed by atoms with Crippen molar-refractivity contribution in [3.8, 4) is 0 Å². The van der Waals surface area contributed by atoms with Crippen LogP contribution in [0, 0.1) is 0 Å². The molecule has 2 aliphatic carbocycles. The lowest BCUT2D eigenvalue weighted by molar-refractivity contribution is 0.0948. The molecule has 1 amide bonds. The number of amides is 1. The van der Waals surface area contributed by atoms with E-state index in [9.17, 15) is 4.79 Å². The van der Waals surface area contributed by atoms with Gasteiger partial charge in [-0.25, -0.2) is 0 Å². The first-order valence-corrected chi connectivity index (χ1v) is 9.87. The Morgan fingerprint density at radius 3 is 2.56 bits per heavy atom. The highest BCUT2D eigenvalue weighted by atomic mass is 16.1. The van der Waals surface area contributed by atoms with Gasteiger partial charge in [0.15, 0.2) is 5.69 Å². The molecule has 1 fully saturated rings. The highest BCUT2D eigenvalue weighted by Crippen LogP contribution is 2.20. The summed E-state index contributed by atoms with van der Waals surface area (Å²) in [6, 6.07) is 4.12. The SMILES string of the molecule is O=C(NCCC1=CCCCC1)c1ccc(NC2CCCCCC2)nn1. The van der Waals surface area contributed by atoms with E-state index in [1.807, 2.05) is 6.07 Å². The molecule has 2 aliphatic rings. The van der Waals surface area contributed by atoms with Crippen LogP contribution in [0.25, 0.3) is 0 Å². The Hall–Kier alpha value is -1.91. The molecule has 1 heterocycles. The summed E-state index contributed by atoms with van der Waals surface area (Å²) in [4.78, 5) is 12.2. The van der Waals surface area contributed by atoms with Gasteiger partial charge in [0.25, 0.3) is 5.91 Å². The van der Waals surface area contributed by atoms with Gasteiger partial charge in [0.1, 0.15) is 5.82 Å². The van der Waals surface area contributed by atoms with Crippen molar-refractivity contribution in [3.63, 3.8) is 0 Å². The van der Waals surface area contributed by atoms with Crippen molar-refractivity contribution in [2.45, 2.75) is 76.7 Å². The minimum absolute atomic E-state index is 0.134. The van der Waals surface area contributed by atoms with E-state index in [1.54, 1.807) is 6.07 Å². The molecular weight excluding hydrogens is 312 g/mol. The Morgan fingerprint density at radius 1 is 1.04 bits per heavy atom. The smallest absolute Gasteiger partial charge is 0.271 e. The maximum atomic E-state index is 12.2. The van der Waals surface area contributed by atoms with Crippen molar-refractivity contribution in [3.05, 3.63) is 29.5 Å². The van der Waals surface area contributed by atoms with Gasteiger partial charge in [0.05, 0.1) is 0 Å². The highest BCUT2D eigenvalue weighted by molar-refractivity contribution is 5.92. The first kappa shape index (κ1) is 17.9. The Balaban J connectivity index is 1.44. The van der Waals surface area contributed by atoms with Crippen LogP contribution in [0.2, 0.25) is 0 Å². The number of hydrogen-bond donors (Lipinski definition) is 2. The van der Waals surface area contributed by atoms with Crippen molar-refractivity contribution in [1.82, 2.24) is 15.5 Å². The van der Waals surface area contributed by atoms with E-state index >= 15 is 0 Å². The Labute approximate surface area is 150 Å². The Kier molecular flexibility index (Phi) is 6.83. The van der Waals surface area contributed by atoms with E-state index < -0.39 is 0 Å². The maximum absolute atomic E-state index is 12.2. The summed E-state index contributed by atoms with van der Waals surface area (Å²) in [5.74, 6) is 0.640. The number of rotatable bonds is 6. The average Bonchev–Trinajstić information content (AvgIpc) is 2.92. The second kappa shape index (κ2) is 9.54. The molecule has 5 heteroatoms. The largest absolute Gasteiger partial charge is 0.366 e. The Morgan fingerprint density at radius 2 is 1.88 bits per heavy atom. The van der Waals surface area contributed by atoms with E-state index in [4.69, 9.17) is 0 Å². The van der Waals surface area contributed by atoms with Gasteiger partial charge in [-0.15, -0.1) is 10.2 Å². The summed E-state index contributed by atoms with van der Waals surface area (Å²) < 4.78 is 0. The van der Waals surface area contributed by atoms with Gasteiger partial charge in [0.2, 0.25) is 0 Å². The number of nitrogens with zero attached hydrogens (tertiary/aromatic N) is 2. The summed E-state index contributed by atoms with van der Waals surface area (Å²) in [5, 5.41) is 14.7. The van der Waals surface area contributed by atoms with Gasteiger partial charge in [-0.3, -0.25) is 4.79 Å². The standard InChI is InChI=1S/C20H30N4O/c25-20(21-15-14-16-8-4-3-5-9-16)18-12-13-19(24-23-18)22-17-10-6-1-2-7-11-17/h8,12-13,17H,1-7,9-11,14-15H2,(H,21,25)(H,22,24). The van der Waals surface area contributed by atoms with Gasteiger partial charge in [-0.1, -0.05) is 37.3 Å². The molecule has 0 spiro atoms. The quantitative estimate of drug-likeness (QED) is 0.600. The molecule has 0 bridgehead atoms. The van der Waals surface area contributed by atoms with E-state index in [1.165, 1.54) is 69.8 Å². The second-order valence-electron chi connectivity index (χ2n) is 7.25. The lowest BCUT2D eigenvalue weighted by Crippen LogP contribution is -2.26. The summed E-state index contributed by atoms with van der Waals surface area (Å²) in [6.45, 7) is 0.675. The van der Waals surface area contributed by atoms with Gasteiger partial charge in [-0.05, 0) is 57.1 Å². The topological polar surface area (TPSA) is 66.9 Å². The number of hydrogen-bond acceptors (Lipinski definition) is 4. The fraction of sp³-hybridized carbons (Fsp3) is 0.650. The average molecular weight is 342 g/mol. The third-order valence-corrected chi connectivity index (χ3v) is 5.22. The van der Waals surface area contributed by atoms with Crippen molar-refractivity contribution in [2.24, 2.45) is 0 Å². The number of aromatic nitrogens is 2. The van der Waals surface area contributed by atoms with Gasteiger partial charge >= 0.3 is 0 Å². The zero-order valence-corrected chi connectivity index (χ0v) is 15.1. The van der Waals surface area contributed by atoms with Crippen LogP contribution in [0.4, 0.5) is 5.82 Å². The zero-order chi connectivity index (χ0) is 17.3. The molecule has 2 N–H and O–H groups in total. The minimum atomic E-state index is -0.134. The van der Waals surface area contributed by atoms with E-state index in [0.717, 1.165) is 12.2 Å². The molecule has 0 saturated heterocycles. The van der Waals surface area contributed by atoms with Crippen LogP contribution in [0.3, 0.4) is 0 Å². The predicted octanol–water partition coefficient (Wildman–Crippen LogP) is 4.23. The molecule has 136 valence electrons. The van der Waals surface area contributed by atoms with Crippen LogP contribution in [0.5, 0.6) is 0 Å². The van der Waals surface area contributed by atoms with Crippen LogP contribution in [0.15, 0.2) is 23.8 Å².